The molecule has 2 N–H and O–H groups in total. The fraction of sp³-hybridized carbons (Fsp3) is 0.842. The van der Waals surface area contributed by atoms with Gasteiger partial charge in [-0.05, 0) is 52.4 Å². The Labute approximate surface area is 157 Å². The number of hydrogen-bond acceptors (Lipinski definition) is 5. The summed E-state index contributed by atoms with van der Waals surface area (Å²) in [6.07, 6.45) is 0.243. The minimum absolute atomic E-state index is 0.178. The number of carbonyl (C=O) groups is 3. The molecule has 2 amide bonds. The molecule has 0 heterocycles. The second kappa shape index (κ2) is 11.0. The van der Waals surface area contributed by atoms with E-state index in [4.69, 9.17) is 9.47 Å². The minimum atomic E-state index is -0.772. The van der Waals surface area contributed by atoms with E-state index in [-0.39, 0.29) is 18.4 Å². The molecule has 0 aromatic rings. The lowest BCUT2D eigenvalue weighted by molar-refractivity contribution is -0.159. The minimum Gasteiger partial charge on any atom is -0.458 e. The van der Waals surface area contributed by atoms with E-state index in [9.17, 15) is 14.4 Å². The maximum atomic E-state index is 12.7. The van der Waals surface area contributed by atoms with Gasteiger partial charge in [-0.1, -0.05) is 27.7 Å². The molecule has 0 saturated carbocycles. The van der Waals surface area contributed by atoms with Gasteiger partial charge >= 0.3 is 12.1 Å². The summed E-state index contributed by atoms with van der Waals surface area (Å²) in [5.74, 6) is -0.519. The summed E-state index contributed by atoms with van der Waals surface area (Å²) in [6, 6.07) is -1.54. The number of carbonyl (C=O) groups excluding carboxylic acids is 3. The van der Waals surface area contributed by atoms with Crippen LogP contribution in [0.1, 0.15) is 68.2 Å². The molecule has 0 aromatic heterocycles. The van der Waals surface area contributed by atoms with Gasteiger partial charge in [0.2, 0.25) is 5.91 Å². The van der Waals surface area contributed by atoms with Crippen molar-refractivity contribution in [3.8, 4) is 0 Å². The van der Waals surface area contributed by atoms with Gasteiger partial charge in [-0.3, -0.25) is 4.79 Å². The highest BCUT2D eigenvalue weighted by Crippen LogP contribution is 2.14. The predicted octanol–water partition coefficient (Wildman–Crippen LogP) is 3.02. The normalized spacial score (nSPS) is 13.9. The van der Waals surface area contributed by atoms with Crippen molar-refractivity contribution in [2.24, 2.45) is 11.8 Å². The van der Waals surface area contributed by atoms with E-state index in [1.807, 2.05) is 27.7 Å². The summed E-state index contributed by atoms with van der Waals surface area (Å²) >= 11 is 0. The molecule has 0 aliphatic carbocycles. The van der Waals surface area contributed by atoms with Crippen molar-refractivity contribution in [1.82, 2.24) is 10.6 Å². The summed E-state index contributed by atoms with van der Waals surface area (Å²) in [5.41, 5.74) is -0.641. The SMILES string of the molecule is CCOC(=O)N[C@H](CC(C)C)C(=O)N[C@H](CC(C)C)C(=O)OC(C)(C)C. The average Bonchev–Trinajstić information content (AvgIpc) is 2.43. The number of rotatable bonds is 9. The molecule has 2 atom stereocenters. The summed E-state index contributed by atoms with van der Waals surface area (Å²) in [5, 5.41) is 5.31. The molecule has 26 heavy (non-hydrogen) atoms. The number of esters is 1. The molecular formula is C19H36N2O5. The molecule has 0 unspecified atom stereocenters. The summed E-state index contributed by atoms with van der Waals surface area (Å²) in [6.45, 7) is 15.1. The predicted molar refractivity (Wildman–Crippen MR) is 101 cm³/mol. The first kappa shape index (κ1) is 24.2. The Kier molecular flexibility index (Phi) is 10.3. The van der Waals surface area contributed by atoms with E-state index in [1.165, 1.54) is 0 Å². The van der Waals surface area contributed by atoms with E-state index in [0.717, 1.165) is 0 Å². The lowest BCUT2D eigenvalue weighted by Gasteiger charge is -2.27. The van der Waals surface area contributed by atoms with E-state index < -0.39 is 35.7 Å². The van der Waals surface area contributed by atoms with Gasteiger partial charge in [0.1, 0.15) is 17.7 Å². The molecule has 0 bridgehead atoms. The van der Waals surface area contributed by atoms with Crippen molar-refractivity contribution in [2.75, 3.05) is 6.61 Å². The zero-order valence-corrected chi connectivity index (χ0v) is 17.5. The Morgan fingerprint density at radius 1 is 0.885 bits per heavy atom. The van der Waals surface area contributed by atoms with Gasteiger partial charge in [0.15, 0.2) is 0 Å². The molecule has 7 nitrogen and oxygen atoms in total. The van der Waals surface area contributed by atoms with Crippen LogP contribution in [0.3, 0.4) is 0 Å². The first-order valence-corrected chi connectivity index (χ1v) is 9.32. The molecular weight excluding hydrogens is 336 g/mol. The second-order valence-corrected chi connectivity index (χ2v) is 8.27. The second-order valence-electron chi connectivity index (χ2n) is 8.27. The first-order chi connectivity index (χ1) is 11.9. The maximum Gasteiger partial charge on any atom is 0.407 e. The lowest BCUT2D eigenvalue weighted by Crippen LogP contribution is -2.53. The van der Waals surface area contributed by atoms with Crippen molar-refractivity contribution in [1.29, 1.82) is 0 Å². The average molecular weight is 373 g/mol. The van der Waals surface area contributed by atoms with Gasteiger partial charge in [-0.15, -0.1) is 0 Å². The number of hydrogen-bond donors (Lipinski definition) is 2. The quantitative estimate of drug-likeness (QED) is 0.607. The highest BCUT2D eigenvalue weighted by atomic mass is 16.6. The van der Waals surface area contributed by atoms with Gasteiger partial charge in [-0.2, -0.15) is 0 Å². The van der Waals surface area contributed by atoms with Gasteiger partial charge in [0.25, 0.3) is 0 Å². The summed E-state index contributed by atoms with van der Waals surface area (Å²) < 4.78 is 10.3. The Balaban J connectivity index is 5.18. The molecule has 152 valence electrons. The highest BCUT2D eigenvalue weighted by molar-refractivity contribution is 5.89. The Hall–Kier alpha value is -1.79. The van der Waals surface area contributed by atoms with Crippen LogP contribution >= 0.6 is 0 Å². The van der Waals surface area contributed by atoms with Crippen molar-refractivity contribution >= 4 is 18.0 Å². The Morgan fingerprint density at radius 3 is 1.81 bits per heavy atom. The number of alkyl carbamates (subject to hydrolysis) is 1. The van der Waals surface area contributed by atoms with Gasteiger partial charge < -0.3 is 20.1 Å². The number of amides is 2. The Morgan fingerprint density at radius 2 is 1.38 bits per heavy atom. The van der Waals surface area contributed by atoms with E-state index in [1.54, 1.807) is 27.7 Å². The van der Waals surface area contributed by atoms with Crippen molar-refractivity contribution in [3.63, 3.8) is 0 Å². The fourth-order valence-corrected chi connectivity index (χ4v) is 2.35. The van der Waals surface area contributed by atoms with Crippen LogP contribution in [0.15, 0.2) is 0 Å². The van der Waals surface area contributed by atoms with Crippen LogP contribution in [0.5, 0.6) is 0 Å². The number of nitrogens with one attached hydrogen (secondary N) is 2. The monoisotopic (exact) mass is 372 g/mol. The fourth-order valence-electron chi connectivity index (χ4n) is 2.35. The zero-order valence-electron chi connectivity index (χ0n) is 17.5. The third-order valence-corrected chi connectivity index (χ3v) is 3.31. The van der Waals surface area contributed by atoms with Crippen LogP contribution in [-0.4, -0.2) is 42.3 Å². The van der Waals surface area contributed by atoms with Crippen LogP contribution in [0, 0.1) is 11.8 Å². The van der Waals surface area contributed by atoms with Crippen LogP contribution in [0.4, 0.5) is 4.79 Å². The van der Waals surface area contributed by atoms with Crippen LogP contribution in [0.25, 0.3) is 0 Å². The molecule has 0 aliphatic rings. The molecule has 0 aliphatic heterocycles. The van der Waals surface area contributed by atoms with Gasteiger partial charge in [0.05, 0.1) is 6.61 Å². The maximum absolute atomic E-state index is 12.7. The van der Waals surface area contributed by atoms with E-state index in [0.29, 0.717) is 12.8 Å². The molecule has 7 heteroatoms. The highest BCUT2D eigenvalue weighted by Gasteiger charge is 2.30. The van der Waals surface area contributed by atoms with Crippen LogP contribution < -0.4 is 10.6 Å². The van der Waals surface area contributed by atoms with Crippen molar-refractivity contribution in [3.05, 3.63) is 0 Å². The molecule has 0 radical (unpaired) electrons. The number of ether oxygens (including phenoxy) is 2. The van der Waals surface area contributed by atoms with E-state index >= 15 is 0 Å². The standard InChI is InChI=1S/C19H36N2O5/c1-9-25-18(24)21-14(10-12(2)3)16(22)20-15(11-13(4)5)17(23)26-19(6,7)8/h12-15H,9-11H2,1-8H3,(H,20,22)(H,21,24)/t14-,15-/m1/s1. The van der Waals surface area contributed by atoms with Crippen LogP contribution in [-0.2, 0) is 19.1 Å². The largest absolute Gasteiger partial charge is 0.458 e. The third-order valence-electron chi connectivity index (χ3n) is 3.31. The lowest BCUT2D eigenvalue weighted by atomic mass is 10.0. The van der Waals surface area contributed by atoms with E-state index in [2.05, 4.69) is 10.6 Å². The molecule has 0 fully saturated rings. The Bertz CT molecular complexity index is 469. The third kappa shape index (κ3) is 10.9. The topological polar surface area (TPSA) is 93.7 Å². The molecule has 0 spiro atoms. The summed E-state index contributed by atoms with van der Waals surface area (Å²) in [7, 11) is 0. The van der Waals surface area contributed by atoms with Crippen molar-refractivity contribution in [2.45, 2.75) is 85.9 Å². The first-order valence-electron chi connectivity index (χ1n) is 9.32. The molecule has 0 aromatic carbocycles. The van der Waals surface area contributed by atoms with Gasteiger partial charge in [-0.25, -0.2) is 9.59 Å². The van der Waals surface area contributed by atoms with Crippen molar-refractivity contribution < 1.29 is 23.9 Å². The van der Waals surface area contributed by atoms with Gasteiger partial charge in [0, 0.05) is 0 Å². The van der Waals surface area contributed by atoms with Crippen LogP contribution in [0.2, 0.25) is 0 Å². The zero-order chi connectivity index (χ0) is 20.5. The summed E-state index contributed by atoms with van der Waals surface area (Å²) in [4.78, 5) is 36.9. The molecule has 0 rings (SSSR count). The smallest absolute Gasteiger partial charge is 0.407 e. The molecule has 0 saturated heterocycles.